The Morgan fingerprint density at radius 1 is 1.36 bits per heavy atom. The van der Waals surface area contributed by atoms with E-state index in [0.717, 1.165) is 0 Å². The first-order valence-corrected chi connectivity index (χ1v) is 15.4. The fraction of sp³-hybridized carbons (Fsp3) is 0.714. The number of carbonyl (C=O) groups is 1. The van der Waals surface area contributed by atoms with Crippen molar-refractivity contribution in [3.8, 4) is 0 Å². The summed E-state index contributed by atoms with van der Waals surface area (Å²) in [5.41, 5.74) is 0.0325. The molecule has 1 aliphatic rings. The molecule has 2 aromatic heterocycles. The number of ether oxygens (including phenoxy) is 2. The van der Waals surface area contributed by atoms with Crippen LogP contribution in [0.15, 0.2) is 11.1 Å². The summed E-state index contributed by atoms with van der Waals surface area (Å²) in [4.78, 5) is 36.0. The highest BCUT2D eigenvalue weighted by atomic mass is 127. The van der Waals surface area contributed by atoms with Gasteiger partial charge in [0.25, 0.3) is 5.56 Å². The number of aromatic amines is 1. The maximum Gasteiger partial charge on any atom is 0.280 e. The van der Waals surface area contributed by atoms with Crippen LogP contribution in [0.4, 0.5) is 5.95 Å². The first-order valence-electron chi connectivity index (χ1n) is 11.0. The smallest absolute Gasteiger partial charge is 0.280 e. The van der Waals surface area contributed by atoms with E-state index in [-0.39, 0.29) is 40.5 Å². The van der Waals surface area contributed by atoms with Crippen LogP contribution >= 0.6 is 22.6 Å². The second-order valence-corrected chi connectivity index (χ2v) is 15.8. The van der Waals surface area contributed by atoms with Gasteiger partial charge in [-0.3, -0.25) is 24.5 Å². The van der Waals surface area contributed by atoms with E-state index in [4.69, 9.17) is 13.9 Å². The molecule has 0 aliphatic carbocycles. The minimum Gasteiger partial charge on any atom is -0.408 e. The van der Waals surface area contributed by atoms with E-state index in [2.05, 4.69) is 76.7 Å². The number of rotatable bonds is 7. The number of hydrogen-bond donors (Lipinski definition) is 2. The second-order valence-electron chi connectivity index (χ2n) is 10.1. The van der Waals surface area contributed by atoms with Crippen LogP contribution in [-0.2, 0) is 18.7 Å². The normalized spacial score (nSPS) is 24.1. The van der Waals surface area contributed by atoms with Gasteiger partial charge in [0.05, 0.1) is 12.4 Å². The molecular weight excluding hydrogens is 557 g/mol. The van der Waals surface area contributed by atoms with Gasteiger partial charge in [-0.2, -0.15) is 4.98 Å². The minimum atomic E-state index is -2.11. The lowest BCUT2D eigenvalue weighted by atomic mass is 10.1. The van der Waals surface area contributed by atoms with Crippen molar-refractivity contribution in [3.05, 3.63) is 16.7 Å². The Labute approximate surface area is 208 Å². The van der Waals surface area contributed by atoms with E-state index >= 15 is 0 Å². The van der Waals surface area contributed by atoms with Crippen molar-refractivity contribution >= 4 is 53.9 Å². The Kier molecular flexibility index (Phi) is 7.73. The predicted molar refractivity (Wildman–Crippen MR) is 137 cm³/mol. The first-order chi connectivity index (χ1) is 15.3. The molecule has 0 saturated carbocycles. The first kappa shape index (κ1) is 26.3. The number of methoxy groups -OCH3 is 1. The van der Waals surface area contributed by atoms with E-state index in [1.807, 2.05) is 0 Å². The molecule has 184 valence electrons. The molecule has 1 aliphatic heterocycles. The number of alkyl halides is 1. The fourth-order valence-corrected chi connectivity index (χ4v) is 5.43. The van der Waals surface area contributed by atoms with Crippen molar-refractivity contribution in [1.29, 1.82) is 0 Å². The largest absolute Gasteiger partial charge is 0.408 e. The van der Waals surface area contributed by atoms with Crippen LogP contribution in [0.5, 0.6) is 0 Å². The zero-order chi connectivity index (χ0) is 24.7. The quantitative estimate of drug-likeness (QED) is 0.288. The van der Waals surface area contributed by atoms with Crippen LogP contribution in [0.1, 0.15) is 40.8 Å². The average molecular weight is 592 g/mol. The molecule has 0 spiro atoms. The van der Waals surface area contributed by atoms with Gasteiger partial charge in [0.2, 0.25) is 11.9 Å². The Morgan fingerprint density at radius 2 is 2.03 bits per heavy atom. The van der Waals surface area contributed by atoms with Crippen LogP contribution in [0.25, 0.3) is 11.2 Å². The Morgan fingerprint density at radius 3 is 2.58 bits per heavy atom. The summed E-state index contributed by atoms with van der Waals surface area (Å²) in [6.07, 6.45) is 0.0338. The van der Waals surface area contributed by atoms with Crippen molar-refractivity contribution < 1.29 is 18.7 Å². The highest BCUT2D eigenvalue weighted by molar-refractivity contribution is 14.1. The molecule has 2 N–H and O–H groups in total. The van der Waals surface area contributed by atoms with Gasteiger partial charge < -0.3 is 13.9 Å². The summed E-state index contributed by atoms with van der Waals surface area (Å²) in [7, 11) is -0.476. The number of nitrogens with zero attached hydrogens (tertiary/aromatic N) is 3. The lowest BCUT2D eigenvalue weighted by Gasteiger charge is -2.40. The fourth-order valence-electron chi connectivity index (χ4n) is 3.40. The van der Waals surface area contributed by atoms with Crippen LogP contribution in [0, 0.1) is 5.92 Å². The summed E-state index contributed by atoms with van der Waals surface area (Å²) < 4.78 is 21.4. The summed E-state index contributed by atoms with van der Waals surface area (Å²) >= 11 is 2.29. The summed E-state index contributed by atoms with van der Waals surface area (Å²) in [5, 5.41) is 2.67. The molecule has 0 bridgehead atoms. The molecule has 3 heterocycles. The number of nitrogens with one attached hydrogen (secondary N) is 2. The summed E-state index contributed by atoms with van der Waals surface area (Å²) in [5.74, 6) is -0.438. The number of H-pyrrole nitrogens is 1. The molecule has 1 saturated heterocycles. The standard InChI is InChI=1S/C21H34IN5O5Si/c1-11(2)17(28)25-20-24-16-13(18(29)26-20)23-10-27(16)19-15(30-6)14(12(9-22)31-19)32-33(7,8)21(3,4)5/h10-12,14-15,19H,9H2,1-8H3,(H2,24,25,26,28,29)/t12-,14?,15?,19-/m1/s1. The van der Waals surface area contributed by atoms with Gasteiger partial charge in [0, 0.05) is 17.5 Å². The van der Waals surface area contributed by atoms with Crippen LogP contribution in [0.2, 0.25) is 18.1 Å². The van der Waals surface area contributed by atoms with Crippen molar-refractivity contribution in [2.75, 3.05) is 16.9 Å². The number of fused-ring (bicyclic) bond motifs is 1. The molecule has 3 rings (SSSR count). The molecule has 4 atom stereocenters. The van der Waals surface area contributed by atoms with Gasteiger partial charge in [0.15, 0.2) is 25.7 Å². The van der Waals surface area contributed by atoms with Gasteiger partial charge in [0.1, 0.15) is 12.2 Å². The van der Waals surface area contributed by atoms with Crippen LogP contribution in [-0.4, -0.2) is 63.6 Å². The number of aromatic nitrogens is 4. The molecule has 0 aromatic carbocycles. The SMILES string of the molecule is COC1C(O[Si](C)(C)C(C)(C)C)[C@@H](CI)O[C@H]1n1cnc2c(=O)[nH]c(NC(=O)C(C)C)nc21. The predicted octanol–water partition coefficient (Wildman–Crippen LogP) is 3.45. The number of hydrogen-bond acceptors (Lipinski definition) is 7. The van der Waals surface area contributed by atoms with E-state index < -0.39 is 26.2 Å². The van der Waals surface area contributed by atoms with Gasteiger partial charge >= 0.3 is 0 Å². The van der Waals surface area contributed by atoms with Crippen LogP contribution in [0.3, 0.4) is 0 Å². The number of anilines is 1. The lowest BCUT2D eigenvalue weighted by molar-refractivity contribution is -0.118. The average Bonchev–Trinajstić information content (AvgIpc) is 3.27. The Hall–Kier alpha value is -1.35. The molecule has 12 heteroatoms. The topological polar surface area (TPSA) is 120 Å². The maximum atomic E-state index is 12.6. The highest BCUT2D eigenvalue weighted by Gasteiger charge is 2.51. The second kappa shape index (κ2) is 9.72. The zero-order valence-corrected chi connectivity index (χ0v) is 23.6. The summed E-state index contributed by atoms with van der Waals surface area (Å²) in [6.45, 7) is 14.5. The number of imidazole rings is 1. The highest BCUT2D eigenvalue weighted by Crippen LogP contribution is 2.42. The molecule has 1 fully saturated rings. The zero-order valence-electron chi connectivity index (χ0n) is 20.4. The van der Waals surface area contributed by atoms with Crippen molar-refractivity contribution in [2.24, 2.45) is 5.92 Å². The minimum absolute atomic E-state index is 0.0271. The van der Waals surface area contributed by atoms with Crippen LogP contribution < -0.4 is 10.9 Å². The lowest BCUT2D eigenvalue weighted by Crippen LogP contribution is -2.49. The Balaban J connectivity index is 2.01. The molecule has 1 amide bonds. The molecule has 2 aromatic rings. The number of amides is 1. The van der Waals surface area contributed by atoms with E-state index in [1.54, 1.807) is 25.5 Å². The maximum absolute atomic E-state index is 12.6. The van der Waals surface area contributed by atoms with Gasteiger partial charge in [-0.15, -0.1) is 0 Å². The van der Waals surface area contributed by atoms with Crippen molar-refractivity contribution in [2.45, 2.75) is 77.3 Å². The van der Waals surface area contributed by atoms with Crippen molar-refractivity contribution in [1.82, 2.24) is 19.5 Å². The third-order valence-electron chi connectivity index (χ3n) is 6.42. The molecule has 10 nitrogen and oxygen atoms in total. The third-order valence-corrected chi connectivity index (χ3v) is 11.8. The monoisotopic (exact) mass is 591 g/mol. The van der Waals surface area contributed by atoms with Gasteiger partial charge in [-0.25, -0.2) is 4.98 Å². The molecule has 2 unspecified atom stereocenters. The van der Waals surface area contributed by atoms with Gasteiger partial charge in [-0.05, 0) is 18.1 Å². The summed E-state index contributed by atoms with van der Waals surface area (Å²) in [6, 6.07) is 0. The van der Waals surface area contributed by atoms with E-state index in [1.165, 1.54) is 6.33 Å². The van der Waals surface area contributed by atoms with E-state index in [9.17, 15) is 9.59 Å². The van der Waals surface area contributed by atoms with Crippen molar-refractivity contribution in [3.63, 3.8) is 0 Å². The number of carbonyl (C=O) groups excluding carboxylic acids is 1. The molecule has 33 heavy (non-hydrogen) atoms. The molecule has 0 radical (unpaired) electrons. The third kappa shape index (κ3) is 5.18. The molecular formula is C21H34IN5O5Si. The Bertz CT molecular complexity index is 1060. The van der Waals surface area contributed by atoms with E-state index in [0.29, 0.717) is 10.1 Å². The number of halogens is 1. The van der Waals surface area contributed by atoms with Gasteiger partial charge in [-0.1, -0.05) is 57.2 Å².